The van der Waals surface area contributed by atoms with Crippen LogP contribution in [0.4, 0.5) is 0 Å². The molecule has 0 spiro atoms. The second-order valence-corrected chi connectivity index (χ2v) is 5.19. The van der Waals surface area contributed by atoms with E-state index in [0.29, 0.717) is 12.2 Å². The quantitative estimate of drug-likeness (QED) is 0.756. The molecule has 3 aromatic rings. The van der Waals surface area contributed by atoms with Crippen LogP contribution in [0.25, 0.3) is 5.69 Å². The minimum absolute atomic E-state index is 0.436. The summed E-state index contributed by atoms with van der Waals surface area (Å²) in [5.41, 5.74) is 1.96. The van der Waals surface area contributed by atoms with E-state index in [1.807, 2.05) is 54.6 Å². The Bertz CT molecular complexity index is 741. The number of methoxy groups -OCH3 is 1. The molecule has 23 heavy (non-hydrogen) atoms. The van der Waals surface area contributed by atoms with E-state index in [9.17, 15) is 5.11 Å². The lowest BCUT2D eigenvalue weighted by atomic mass is 10.1. The Kier molecular flexibility index (Phi) is 4.63. The monoisotopic (exact) mass is 310 g/mol. The van der Waals surface area contributed by atoms with Crippen molar-refractivity contribution in [2.75, 3.05) is 7.11 Å². The van der Waals surface area contributed by atoms with Crippen LogP contribution in [0.5, 0.6) is 5.75 Å². The van der Waals surface area contributed by atoms with Gasteiger partial charge in [-0.05, 0) is 53.1 Å². The van der Waals surface area contributed by atoms with E-state index >= 15 is 0 Å². The molecule has 0 saturated heterocycles. The Morgan fingerprint density at radius 3 is 2.52 bits per heavy atom. The zero-order valence-corrected chi connectivity index (χ0v) is 12.8. The number of ether oxygens (including phenoxy) is 1. The standard InChI is InChI=1S/C17H18N4O2/c1-23-15-10-8-14(9-11-15)21-17(18-19-20-21)16(22)12-7-13-5-3-2-4-6-13/h2-6,8-11,16,22H,7,12H2,1H3. The fourth-order valence-corrected chi connectivity index (χ4v) is 2.39. The van der Waals surface area contributed by atoms with E-state index in [1.165, 1.54) is 5.56 Å². The first-order chi connectivity index (χ1) is 11.3. The molecule has 0 bridgehead atoms. The molecule has 1 aromatic heterocycles. The average molecular weight is 310 g/mol. The van der Waals surface area contributed by atoms with E-state index in [2.05, 4.69) is 15.5 Å². The van der Waals surface area contributed by atoms with Crippen LogP contribution in [0.1, 0.15) is 23.9 Å². The molecule has 0 fully saturated rings. The van der Waals surface area contributed by atoms with Crippen molar-refractivity contribution in [2.45, 2.75) is 18.9 Å². The Balaban J connectivity index is 1.74. The van der Waals surface area contributed by atoms with Crippen molar-refractivity contribution in [2.24, 2.45) is 0 Å². The molecule has 0 saturated carbocycles. The molecule has 1 unspecified atom stereocenters. The Morgan fingerprint density at radius 2 is 1.83 bits per heavy atom. The van der Waals surface area contributed by atoms with Crippen LogP contribution in [-0.4, -0.2) is 32.4 Å². The van der Waals surface area contributed by atoms with Crippen molar-refractivity contribution in [1.82, 2.24) is 20.2 Å². The van der Waals surface area contributed by atoms with Crippen LogP contribution in [0.3, 0.4) is 0 Å². The summed E-state index contributed by atoms with van der Waals surface area (Å²) in [7, 11) is 1.62. The second kappa shape index (κ2) is 7.02. The van der Waals surface area contributed by atoms with Gasteiger partial charge in [0, 0.05) is 0 Å². The lowest BCUT2D eigenvalue weighted by Gasteiger charge is -2.11. The summed E-state index contributed by atoms with van der Waals surface area (Å²) in [6.45, 7) is 0. The lowest BCUT2D eigenvalue weighted by molar-refractivity contribution is 0.155. The number of aryl methyl sites for hydroxylation is 1. The summed E-state index contributed by atoms with van der Waals surface area (Å²) in [6, 6.07) is 17.4. The molecule has 1 N–H and O–H groups in total. The first-order valence-electron chi connectivity index (χ1n) is 7.42. The Labute approximate surface area is 134 Å². The van der Waals surface area contributed by atoms with Crippen molar-refractivity contribution in [3.05, 3.63) is 66.0 Å². The highest BCUT2D eigenvalue weighted by Gasteiger charge is 2.17. The number of tetrazole rings is 1. The second-order valence-electron chi connectivity index (χ2n) is 5.19. The summed E-state index contributed by atoms with van der Waals surface area (Å²) < 4.78 is 6.69. The van der Waals surface area contributed by atoms with Gasteiger partial charge in [0.1, 0.15) is 11.9 Å². The Morgan fingerprint density at radius 1 is 1.09 bits per heavy atom. The van der Waals surface area contributed by atoms with Crippen molar-refractivity contribution >= 4 is 0 Å². The number of aliphatic hydroxyl groups excluding tert-OH is 1. The number of rotatable bonds is 6. The van der Waals surface area contributed by atoms with E-state index in [0.717, 1.165) is 17.9 Å². The van der Waals surface area contributed by atoms with Crippen molar-refractivity contribution in [1.29, 1.82) is 0 Å². The highest BCUT2D eigenvalue weighted by Crippen LogP contribution is 2.20. The number of benzene rings is 2. The van der Waals surface area contributed by atoms with Gasteiger partial charge >= 0.3 is 0 Å². The minimum atomic E-state index is -0.729. The van der Waals surface area contributed by atoms with E-state index < -0.39 is 6.10 Å². The number of aromatic nitrogens is 4. The predicted molar refractivity (Wildman–Crippen MR) is 85.4 cm³/mol. The first kappa shape index (κ1) is 15.2. The third kappa shape index (κ3) is 3.54. The molecule has 0 aliphatic carbocycles. The third-order valence-corrected chi connectivity index (χ3v) is 3.66. The summed E-state index contributed by atoms with van der Waals surface area (Å²) in [5.74, 6) is 1.19. The van der Waals surface area contributed by atoms with Gasteiger partial charge < -0.3 is 9.84 Å². The average Bonchev–Trinajstić information content (AvgIpc) is 3.10. The van der Waals surface area contributed by atoms with Gasteiger partial charge in [-0.1, -0.05) is 30.3 Å². The highest BCUT2D eigenvalue weighted by atomic mass is 16.5. The van der Waals surface area contributed by atoms with E-state index in [4.69, 9.17) is 4.74 Å². The number of hydrogen-bond donors (Lipinski definition) is 1. The van der Waals surface area contributed by atoms with Crippen LogP contribution in [-0.2, 0) is 6.42 Å². The molecule has 1 atom stereocenters. The summed E-state index contributed by atoms with van der Waals surface area (Å²) >= 11 is 0. The molecule has 0 amide bonds. The van der Waals surface area contributed by atoms with Crippen LogP contribution >= 0.6 is 0 Å². The molecule has 1 heterocycles. The van der Waals surface area contributed by atoms with Gasteiger partial charge in [-0.15, -0.1) is 5.10 Å². The molecular formula is C17H18N4O2. The van der Waals surface area contributed by atoms with Gasteiger partial charge in [0.15, 0.2) is 5.82 Å². The maximum Gasteiger partial charge on any atom is 0.185 e. The van der Waals surface area contributed by atoms with Crippen LogP contribution in [0.2, 0.25) is 0 Å². The third-order valence-electron chi connectivity index (χ3n) is 3.66. The van der Waals surface area contributed by atoms with Crippen LogP contribution < -0.4 is 4.74 Å². The number of hydrogen-bond acceptors (Lipinski definition) is 5. The largest absolute Gasteiger partial charge is 0.497 e. The van der Waals surface area contributed by atoms with Gasteiger partial charge in [-0.25, -0.2) is 0 Å². The van der Waals surface area contributed by atoms with Crippen LogP contribution in [0.15, 0.2) is 54.6 Å². The first-order valence-corrected chi connectivity index (χ1v) is 7.42. The fraction of sp³-hybridized carbons (Fsp3) is 0.235. The van der Waals surface area contributed by atoms with Crippen molar-refractivity contribution in [3.63, 3.8) is 0 Å². The van der Waals surface area contributed by atoms with Gasteiger partial charge in [0.2, 0.25) is 0 Å². The predicted octanol–water partition coefficient (Wildman–Crippen LogP) is 2.34. The van der Waals surface area contributed by atoms with Gasteiger partial charge in [-0.2, -0.15) is 4.68 Å². The fourth-order valence-electron chi connectivity index (χ4n) is 2.39. The van der Waals surface area contributed by atoms with Gasteiger partial charge in [0.25, 0.3) is 0 Å². The molecular weight excluding hydrogens is 292 g/mol. The van der Waals surface area contributed by atoms with Crippen molar-refractivity contribution in [3.8, 4) is 11.4 Å². The van der Waals surface area contributed by atoms with Crippen LogP contribution in [0, 0.1) is 0 Å². The summed E-state index contributed by atoms with van der Waals surface area (Å²) in [4.78, 5) is 0. The van der Waals surface area contributed by atoms with Gasteiger partial charge in [0.05, 0.1) is 12.8 Å². The Hall–Kier alpha value is -2.73. The highest BCUT2D eigenvalue weighted by molar-refractivity contribution is 5.37. The molecule has 0 aliphatic heterocycles. The number of nitrogens with zero attached hydrogens (tertiary/aromatic N) is 4. The summed E-state index contributed by atoms with van der Waals surface area (Å²) in [5, 5.41) is 22.1. The summed E-state index contributed by atoms with van der Waals surface area (Å²) in [6.07, 6.45) is 0.588. The number of aliphatic hydroxyl groups is 1. The molecule has 3 rings (SSSR count). The molecule has 2 aromatic carbocycles. The molecule has 6 heteroatoms. The minimum Gasteiger partial charge on any atom is -0.497 e. The maximum atomic E-state index is 10.4. The van der Waals surface area contributed by atoms with E-state index in [1.54, 1.807) is 11.8 Å². The lowest BCUT2D eigenvalue weighted by Crippen LogP contribution is -2.09. The molecule has 0 aliphatic rings. The normalized spacial score (nSPS) is 12.1. The van der Waals surface area contributed by atoms with E-state index in [-0.39, 0.29) is 0 Å². The zero-order chi connectivity index (χ0) is 16.1. The topological polar surface area (TPSA) is 73.1 Å². The van der Waals surface area contributed by atoms with Crippen molar-refractivity contribution < 1.29 is 9.84 Å². The smallest absolute Gasteiger partial charge is 0.185 e. The molecule has 6 nitrogen and oxygen atoms in total. The SMILES string of the molecule is COc1ccc(-n2nnnc2C(O)CCc2ccccc2)cc1. The maximum absolute atomic E-state index is 10.4. The van der Waals surface area contributed by atoms with Gasteiger partial charge in [-0.3, -0.25) is 0 Å². The molecule has 0 radical (unpaired) electrons. The zero-order valence-electron chi connectivity index (χ0n) is 12.8. The molecule has 118 valence electrons.